The molecule has 0 saturated carbocycles. The molecule has 93 heavy (non-hydrogen) atoms. The Hall–Kier alpha value is -12.6. The number of carbonyl (C=O) groups is 4. The molecule has 7 aromatic carbocycles. The van der Waals surface area contributed by atoms with Gasteiger partial charge in [-0.2, -0.15) is 0 Å². The van der Waals surface area contributed by atoms with Crippen molar-refractivity contribution in [1.82, 2.24) is 34.5 Å². The zero-order chi connectivity index (χ0) is 64.0. The van der Waals surface area contributed by atoms with Crippen molar-refractivity contribution in [2.24, 2.45) is 0 Å². The zero-order valence-corrected chi connectivity index (χ0v) is 51.2. The van der Waals surface area contributed by atoms with E-state index in [1.807, 2.05) is 213 Å². The number of benzene rings is 7. The molecule has 0 N–H and O–H groups in total. The van der Waals surface area contributed by atoms with Crippen molar-refractivity contribution in [3.8, 4) is 84.4 Å². The summed E-state index contributed by atoms with van der Waals surface area (Å²) in [6.07, 6.45) is 13.7. The fraction of sp³-hybridized carbons (Fsp3) is 0.0513. The summed E-state index contributed by atoms with van der Waals surface area (Å²) in [6.45, 7) is 0. The van der Waals surface area contributed by atoms with Crippen LogP contribution < -0.4 is 19.6 Å². The Morgan fingerprint density at radius 2 is 0.570 bits per heavy atom. The first kappa shape index (κ1) is 59.3. The summed E-state index contributed by atoms with van der Waals surface area (Å²) < 4.78 is 1.79. The van der Waals surface area contributed by atoms with Crippen molar-refractivity contribution in [3.63, 3.8) is 0 Å². The van der Waals surface area contributed by atoms with Gasteiger partial charge in [-0.25, -0.2) is 9.97 Å². The second kappa shape index (κ2) is 26.2. The number of nitrogens with zero attached hydrogens (tertiary/aromatic N) is 11. The Labute approximate surface area is 537 Å². The van der Waals surface area contributed by atoms with Gasteiger partial charge in [0.1, 0.15) is 0 Å². The molecule has 0 atom stereocenters. The van der Waals surface area contributed by atoms with Crippen molar-refractivity contribution >= 4 is 46.4 Å². The second-order valence-corrected chi connectivity index (χ2v) is 22.2. The van der Waals surface area contributed by atoms with Crippen LogP contribution in [0.3, 0.4) is 0 Å². The van der Waals surface area contributed by atoms with Gasteiger partial charge < -0.3 is 19.6 Å². The zero-order valence-electron chi connectivity index (χ0n) is 51.2. The van der Waals surface area contributed by atoms with Gasteiger partial charge in [0, 0.05) is 109 Å². The van der Waals surface area contributed by atoms with E-state index in [0.29, 0.717) is 62.1 Å². The van der Waals surface area contributed by atoms with E-state index in [1.54, 1.807) is 106 Å². The van der Waals surface area contributed by atoms with E-state index in [1.165, 1.54) is 19.6 Å². The van der Waals surface area contributed by atoms with Gasteiger partial charge in [0.15, 0.2) is 0 Å². The third-order valence-corrected chi connectivity index (χ3v) is 16.3. The van der Waals surface area contributed by atoms with Crippen LogP contribution in [0.2, 0.25) is 0 Å². The van der Waals surface area contributed by atoms with E-state index < -0.39 is 23.6 Å². The molecule has 6 heterocycles. The van der Waals surface area contributed by atoms with Crippen molar-refractivity contribution in [2.75, 3.05) is 47.8 Å². The highest BCUT2D eigenvalue weighted by atomic mass is 16.2. The van der Waals surface area contributed by atoms with E-state index in [2.05, 4.69) is 0 Å². The summed E-state index contributed by atoms with van der Waals surface area (Å²) in [5.74, 6) is -1.23. The first-order valence-corrected chi connectivity index (χ1v) is 30.0. The van der Waals surface area contributed by atoms with Crippen LogP contribution >= 0.6 is 0 Å². The Kier molecular flexibility index (Phi) is 16.7. The van der Waals surface area contributed by atoms with E-state index in [-0.39, 0.29) is 22.3 Å². The standard InChI is InChI=1S/C78H59N11O4/c1-85(63-30-34-69(79-48-63)52-20-9-5-10-21-52)74(90)58-40-56(41-59(44-58)75(91)86(2)64-31-35-70(80-49-64)53-22-11-6-12-23-53)67-28-19-29-68(73(67)62-46-83-78(84-47-62)89-38-17-18-39-89)57-42-60(76(92)87(3)65-32-36-71(81-50-65)54-24-13-7-14-25-54)45-61(43-57)77(93)88(4)66-33-37-72(82-51-66)55-26-15-8-16-27-55/h5-51H,1-4H3. The summed E-state index contributed by atoms with van der Waals surface area (Å²) in [7, 11) is 6.69. The van der Waals surface area contributed by atoms with Crippen molar-refractivity contribution in [2.45, 2.75) is 0 Å². The largest absolute Gasteiger partial charge is 0.310 e. The minimum Gasteiger partial charge on any atom is -0.310 e. The fourth-order valence-corrected chi connectivity index (χ4v) is 11.2. The molecule has 15 heteroatoms. The van der Waals surface area contributed by atoms with Crippen molar-refractivity contribution in [3.05, 3.63) is 308 Å². The molecule has 0 aliphatic carbocycles. The highest BCUT2D eigenvalue weighted by Gasteiger charge is 2.27. The van der Waals surface area contributed by atoms with E-state index in [4.69, 9.17) is 29.9 Å². The molecule has 0 radical (unpaired) electrons. The maximum Gasteiger partial charge on any atom is 0.258 e. The molecule has 13 rings (SSSR count). The van der Waals surface area contributed by atoms with Crippen LogP contribution in [0.5, 0.6) is 0 Å². The Bertz CT molecular complexity index is 4320. The van der Waals surface area contributed by atoms with Crippen molar-refractivity contribution in [1.29, 1.82) is 0 Å². The lowest BCUT2D eigenvalue weighted by Crippen LogP contribution is -2.29. The SMILES string of the molecule is CN(C(=O)c1cc(C(=O)N(C)c2ccc(-c3ccccc3)nc2)cc(-c2cccc(-c3cc(C(=O)N(C)c4ccc(-c5ccccc5)nc4)cc(C(=O)N(C)c4ccc(-c5ccccc5)nc4)c3)c2-c2cnc(-n3cccc3)nc2)c1)c1ccc(-c2ccccc2)nc1. The average molecular weight is 1210 g/mol. The molecule has 0 saturated heterocycles. The number of amides is 4. The molecule has 0 fully saturated rings. The average Bonchev–Trinajstić information content (AvgIpc) is 0.981. The van der Waals surface area contributed by atoms with Gasteiger partial charge in [0.2, 0.25) is 5.95 Å². The Morgan fingerprint density at radius 3 is 0.839 bits per heavy atom. The first-order valence-electron chi connectivity index (χ1n) is 30.0. The Balaban J connectivity index is 0.959. The molecule has 13 aromatic rings. The topological polar surface area (TPSA) is 164 Å². The lowest BCUT2D eigenvalue weighted by atomic mass is 9.86. The monoisotopic (exact) mass is 1210 g/mol. The summed E-state index contributed by atoms with van der Waals surface area (Å²) in [5, 5.41) is 0. The number of aromatic nitrogens is 7. The third kappa shape index (κ3) is 12.6. The number of anilines is 4. The number of hydrogen-bond acceptors (Lipinski definition) is 10. The molecule has 0 spiro atoms. The van der Waals surface area contributed by atoms with Crippen LogP contribution in [0.15, 0.2) is 286 Å². The maximum atomic E-state index is 15.2. The van der Waals surface area contributed by atoms with Gasteiger partial charge in [-0.3, -0.25) is 43.7 Å². The van der Waals surface area contributed by atoms with Gasteiger partial charge in [0.25, 0.3) is 23.6 Å². The predicted molar refractivity (Wildman–Crippen MR) is 367 cm³/mol. The molecule has 0 aliphatic rings. The molecule has 0 bridgehead atoms. The number of rotatable bonds is 16. The highest BCUT2D eigenvalue weighted by Crippen LogP contribution is 2.42. The van der Waals surface area contributed by atoms with Gasteiger partial charge in [-0.05, 0) is 119 Å². The smallest absolute Gasteiger partial charge is 0.258 e. The second-order valence-electron chi connectivity index (χ2n) is 22.2. The molecule has 0 unspecified atom stereocenters. The van der Waals surface area contributed by atoms with Gasteiger partial charge >= 0.3 is 0 Å². The molecular formula is C78H59N11O4. The number of pyridine rings is 4. The van der Waals surface area contributed by atoms with Gasteiger partial charge in [0.05, 0.1) is 70.3 Å². The normalized spacial score (nSPS) is 11.0. The van der Waals surface area contributed by atoms with Crippen LogP contribution in [0.1, 0.15) is 41.4 Å². The lowest BCUT2D eigenvalue weighted by molar-refractivity contribution is 0.0978. The summed E-state index contributed by atoms with van der Waals surface area (Å²) >= 11 is 0. The molecular weight excluding hydrogens is 1150 g/mol. The number of carbonyl (C=O) groups excluding carboxylic acids is 4. The molecule has 0 aliphatic heterocycles. The van der Waals surface area contributed by atoms with Crippen LogP contribution in [0, 0.1) is 0 Å². The summed E-state index contributed by atoms with van der Waals surface area (Å²) in [5.41, 5.74) is 12.9. The van der Waals surface area contributed by atoms with Crippen LogP contribution in [0.25, 0.3) is 84.4 Å². The van der Waals surface area contributed by atoms with E-state index in [0.717, 1.165) is 45.0 Å². The van der Waals surface area contributed by atoms with Crippen LogP contribution in [0.4, 0.5) is 22.7 Å². The minimum absolute atomic E-state index is 0.205. The third-order valence-electron chi connectivity index (χ3n) is 16.3. The van der Waals surface area contributed by atoms with E-state index >= 15 is 19.2 Å². The molecule has 6 aromatic heterocycles. The molecule has 450 valence electrons. The van der Waals surface area contributed by atoms with Crippen molar-refractivity contribution < 1.29 is 19.2 Å². The summed E-state index contributed by atoms with van der Waals surface area (Å²) in [6, 6.07) is 73.6. The maximum absolute atomic E-state index is 15.2. The predicted octanol–water partition coefficient (Wildman–Crippen LogP) is 15.6. The number of hydrogen-bond donors (Lipinski definition) is 0. The molecule has 4 amide bonds. The fourth-order valence-electron chi connectivity index (χ4n) is 11.2. The quantitative estimate of drug-likeness (QED) is 0.0909. The van der Waals surface area contributed by atoms with Gasteiger partial charge in [-0.15, -0.1) is 0 Å². The van der Waals surface area contributed by atoms with Gasteiger partial charge in [-0.1, -0.05) is 140 Å². The highest BCUT2D eigenvalue weighted by molar-refractivity contribution is 6.14. The van der Waals surface area contributed by atoms with Crippen LogP contribution in [-0.4, -0.2) is 86.3 Å². The van der Waals surface area contributed by atoms with Crippen LogP contribution in [-0.2, 0) is 0 Å². The minimum atomic E-state index is -0.411. The van der Waals surface area contributed by atoms with E-state index in [9.17, 15) is 0 Å². The molecule has 15 nitrogen and oxygen atoms in total. The Morgan fingerprint density at radius 1 is 0.280 bits per heavy atom. The first-order chi connectivity index (χ1) is 45.4. The lowest BCUT2D eigenvalue weighted by Gasteiger charge is -2.23. The summed E-state index contributed by atoms with van der Waals surface area (Å²) in [4.78, 5) is 95.5.